The Kier molecular flexibility index (Phi) is 14.0. The third-order valence-electron chi connectivity index (χ3n) is 8.81. The predicted molar refractivity (Wildman–Crippen MR) is 250 cm³/mol. The summed E-state index contributed by atoms with van der Waals surface area (Å²) in [6.07, 6.45) is 0. The SMILES string of the molecule is Oc1cc(C(=S)N(SCc2ccccc2)SCc2ccccc2)c(O)n1-c1cccc(-n2c(O)cc(C(=S)N(SCc3ccccc3)SCc3ccccc3)c2O)c1. The number of rotatable bonds is 16. The van der Waals surface area contributed by atoms with Crippen LogP contribution in [-0.2, 0) is 23.0 Å². The lowest BCUT2D eigenvalue weighted by Gasteiger charge is -2.22. The van der Waals surface area contributed by atoms with E-state index in [-0.39, 0.29) is 34.6 Å². The zero-order valence-corrected chi connectivity index (χ0v) is 35.8. The van der Waals surface area contributed by atoms with Gasteiger partial charge in [0.2, 0.25) is 11.8 Å². The summed E-state index contributed by atoms with van der Waals surface area (Å²) in [7, 11) is 0. The first-order valence-electron chi connectivity index (χ1n) is 18.0. The van der Waals surface area contributed by atoms with Crippen LogP contribution in [0.5, 0.6) is 23.5 Å². The van der Waals surface area contributed by atoms with Crippen molar-refractivity contribution in [3.63, 3.8) is 0 Å². The molecule has 0 atom stereocenters. The quantitative estimate of drug-likeness (QED) is 0.0550. The Bertz CT molecular complexity index is 2210. The smallest absolute Gasteiger partial charge is 0.209 e. The molecule has 4 N–H and O–H groups in total. The van der Waals surface area contributed by atoms with Gasteiger partial charge in [-0.2, -0.15) is 0 Å². The molecule has 294 valence electrons. The Hall–Kier alpha value is -4.96. The lowest BCUT2D eigenvalue weighted by atomic mass is 10.2. The molecular formula is C44H38N4O4S6. The van der Waals surface area contributed by atoms with Crippen LogP contribution < -0.4 is 0 Å². The fraction of sp³-hybridized carbons (Fsp3) is 0.0909. The molecule has 7 rings (SSSR count). The summed E-state index contributed by atoms with van der Waals surface area (Å²) >= 11 is 18.0. The summed E-state index contributed by atoms with van der Waals surface area (Å²) in [6.45, 7) is 0. The average molecular weight is 879 g/mol. The molecular weight excluding hydrogens is 841 g/mol. The van der Waals surface area contributed by atoms with Crippen LogP contribution in [0.25, 0.3) is 11.4 Å². The largest absolute Gasteiger partial charge is 0.494 e. The first kappa shape index (κ1) is 41.2. The molecule has 8 nitrogen and oxygen atoms in total. The van der Waals surface area contributed by atoms with Crippen LogP contribution in [0.3, 0.4) is 0 Å². The molecule has 7 aromatic rings. The molecule has 2 heterocycles. The van der Waals surface area contributed by atoms with Crippen molar-refractivity contribution < 1.29 is 20.4 Å². The average Bonchev–Trinajstić information content (AvgIpc) is 3.73. The molecule has 14 heteroatoms. The number of thiocarbonyl (C=S) groups is 2. The van der Waals surface area contributed by atoms with Crippen molar-refractivity contribution in [2.75, 3.05) is 0 Å². The molecule has 58 heavy (non-hydrogen) atoms. The van der Waals surface area contributed by atoms with E-state index in [9.17, 15) is 20.4 Å². The van der Waals surface area contributed by atoms with Crippen molar-refractivity contribution in [2.24, 2.45) is 0 Å². The van der Waals surface area contributed by atoms with Crippen LogP contribution in [-0.4, -0.2) is 47.0 Å². The molecule has 0 saturated carbocycles. The molecule has 5 aromatic carbocycles. The normalized spacial score (nSPS) is 11.0. The fourth-order valence-electron chi connectivity index (χ4n) is 5.90. The summed E-state index contributed by atoms with van der Waals surface area (Å²) in [5, 5.41) is 45.9. The summed E-state index contributed by atoms with van der Waals surface area (Å²) in [5.74, 6) is 1.58. The van der Waals surface area contributed by atoms with E-state index in [0.29, 0.717) is 44.4 Å². The lowest BCUT2D eigenvalue weighted by molar-refractivity contribution is 0.401. The Labute approximate surface area is 365 Å². The van der Waals surface area contributed by atoms with Gasteiger partial charge in [-0.1, -0.05) is 152 Å². The zero-order chi connectivity index (χ0) is 40.4. The molecule has 0 aliphatic carbocycles. The van der Waals surface area contributed by atoms with Crippen molar-refractivity contribution >= 4 is 82.2 Å². The summed E-state index contributed by atoms with van der Waals surface area (Å²) in [5.41, 5.74) is 5.77. The van der Waals surface area contributed by atoms with Gasteiger partial charge in [0.15, 0.2) is 11.8 Å². The molecule has 0 bridgehead atoms. The second-order valence-electron chi connectivity index (χ2n) is 12.8. The molecule has 2 aromatic heterocycles. The van der Waals surface area contributed by atoms with Gasteiger partial charge in [-0.05, 0) is 88.2 Å². The second-order valence-corrected chi connectivity index (χ2v) is 17.7. The minimum absolute atomic E-state index is 0.239. The van der Waals surface area contributed by atoms with E-state index in [2.05, 4.69) is 0 Å². The van der Waals surface area contributed by atoms with Gasteiger partial charge in [0.05, 0.1) is 22.5 Å². The van der Waals surface area contributed by atoms with Crippen LogP contribution >= 0.6 is 72.2 Å². The third-order valence-corrected chi connectivity index (χ3v) is 14.9. The van der Waals surface area contributed by atoms with Crippen molar-refractivity contribution in [1.82, 2.24) is 16.6 Å². The molecule has 0 fully saturated rings. The van der Waals surface area contributed by atoms with Gasteiger partial charge < -0.3 is 20.4 Å². The maximum absolute atomic E-state index is 11.7. The van der Waals surface area contributed by atoms with Crippen LogP contribution in [0.1, 0.15) is 33.4 Å². The fourth-order valence-corrected chi connectivity index (χ4v) is 10.8. The maximum atomic E-state index is 11.7. The highest BCUT2D eigenvalue weighted by Gasteiger charge is 2.26. The van der Waals surface area contributed by atoms with E-state index in [4.69, 9.17) is 24.4 Å². The second kappa shape index (κ2) is 19.7. The first-order chi connectivity index (χ1) is 28.3. The Morgan fingerprint density at radius 1 is 0.414 bits per heavy atom. The van der Waals surface area contributed by atoms with Gasteiger partial charge in [-0.25, -0.2) is 7.42 Å². The van der Waals surface area contributed by atoms with E-state index >= 15 is 0 Å². The third kappa shape index (κ3) is 10.0. The number of hydrogen-bond donors (Lipinski definition) is 4. The van der Waals surface area contributed by atoms with Crippen LogP contribution in [0.2, 0.25) is 0 Å². The Morgan fingerprint density at radius 3 is 1.00 bits per heavy atom. The van der Waals surface area contributed by atoms with Gasteiger partial charge in [0.1, 0.15) is 9.98 Å². The number of benzene rings is 5. The molecule has 0 unspecified atom stereocenters. The standard InChI is InChI=1S/C44H38N4O4S6/c49-39-25-37(43(53)47(55-27-31-14-5-1-6-15-31)56-28-32-16-7-2-8-17-32)41(51)45(39)35-22-13-23-36(24-35)46-40(50)26-38(42(46)52)44(54)48(57-29-33-18-9-3-10-19-33)58-30-34-20-11-4-12-21-34/h1-26,49-52H,27-30H2. The maximum Gasteiger partial charge on any atom is 0.209 e. The van der Waals surface area contributed by atoms with Crippen LogP contribution in [0.4, 0.5) is 0 Å². The van der Waals surface area contributed by atoms with E-state index < -0.39 is 0 Å². The number of nitrogens with zero attached hydrogens (tertiary/aromatic N) is 4. The Balaban J connectivity index is 1.14. The molecule has 0 radical (unpaired) electrons. The minimum Gasteiger partial charge on any atom is -0.494 e. The van der Waals surface area contributed by atoms with Gasteiger partial charge in [0, 0.05) is 35.1 Å². The van der Waals surface area contributed by atoms with Crippen molar-refractivity contribution in [3.8, 4) is 34.9 Å². The Morgan fingerprint density at radius 2 is 0.707 bits per heavy atom. The van der Waals surface area contributed by atoms with E-state index in [1.54, 1.807) is 24.3 Å². The van der Waals surface area contributed by atoms with Gasteiger partial charge in [-0.3, -0.25) is 9.13 Å². The number of hydrogen-bond acceptors (Lipinski definition) is 10. The monoisotopic (exact) mass is 878 g/mol. The van der Waals surface area contributed by atoms with Crippen molar-refractivity contribution in [2.45, 2.75) is 23.0 Å². The van der Waals surface area contributed by atoms with E-state index in [1.165, 1.54) is 69.1 Å². The predicted octanol–water partition coefficient (Wildman–Crippen LogP) is 11.4. The summed E-state index contributed by atoms with van der Waals surface area (Å²) < 4.78 is 6.34. The van der Waals surface area contributed by atoms with Crippen molar-refractivity contribution in [3.05, 3.63) is 191 Å². The summed E-state index contributed by atoms with van der Waals surface area (Å²) in [4.78, 5) is 0.673. The van der Waals surface area contributed by atoms with Gasteiger partial charge in [-0.15, -0.1) is 0 Å². The first-order valence-corrected chi connectivity index (χ1v) is 22.6. The van der Waals surface area contributed by atoms with Gasteiger partial charge >= 0.3 is 0 Å². The van der Waals surface area contributed by atoms with Crippen LogP contribution in [0, 0.1) is 0 Å². The lowest BCUT2D eigenvalue weighted by Crippen LogP contribution is -2.17. The van der Waals surface area contributed by atoms with Crippen molar-refractivity contribution in [1.29, 1.82) is 0 Å². The van der Waals surface area contributed by atoms with Gasteiger partial charge in [0.25, 0.3) is 0 Å². The molecule has 0 saturated heterocycles. The molecule has 0 aliphatic rings. The zero-order valence-electron chi connectivity index (χ0n) is 30.9. The topological polar surface area (TPSA) is 97.3 Å². The summed E-state index contributed by atoms with van der Waals surface area (Å²) in [6, 6.07) is 49.8. The highest BCUT2D eigenvalue weighted by molar-refractivity contribution is 8.13. The van der Waals surface area contributed by atoms with E-state index in [1.807, 2.05) is 129 Å². The highest BCUT2D eigenvalue weighted by atomic mass is 32.2. The van der Waals surface area contributed by atoms with E-state index in [0.717, 1.165) is 22.3 Å². The van der Waals surface area contributed by atoms with Crippen LogP contribution in [0.15, 0.2) is 158 Å². The minimum atomic E-state index is -0.255. The molecule has 0 aliphatic heterocycles. The highest BCUT2D eigenvalue weighted by Crippen LogP contribution is 2.40. The molecule has 0 amide bonds. The molecule has 0 spiro atoms. The number of aromatic hydroxyl groups is 4. The number of aromatic nitrogens is 2.